The predicted molar refractivity (Wildman–Crippen MR) is 98.0 cm³/mol. The normalized spacial score (nSPS) is 18.3. The summed E-state index contributed by atoms with van der Waals surface area (Å²) >= 11 is 0. The van der Waals surface area contributed by atoms with Crippen molar-refractivity contribution in [2.24, 2.45) is 0 Å². The molecule has 3 N–H and O–H groups in total. The Labute approximate surface area is 150 Å². The van der Waals surface area contributed by atoms with Gasteiger partial charge in [-0.3, -0.25) is 9.36 Å². The minimum Gasteiger partial charge on any atom is -0.383 e. The number of carbonyl (C=O) groups is 1. The highest BCUT2D eigenvalue weighted by atomic mass is 16.2. The molecule has 4 heterocycles. The van der Waals surface area contributed by atoms with Crippen molar-refractivity contribution < 1.29 is 4.79 Å². The highest BCUT2D eigenvalue weighted by Gasteiger charge is 2.45. The maximum atomic E-state index is 12.6. The van der Waals surface area contributed by atoms with Crippen LogP contribution in [0.4, 0.5) is 5.82 Å². The van der Waals surface area contributed by atoms with Crippen molar-refractivity contribution >= 4 is 22.8 Å². The summed E-state index contributed by atoms with van der Waals surface area (Å²) < 4.78 is 1.92. The number of carbonyl (C=O) groups excluding carboxylic acids is 1. The summed E-state index contributed by atoms with van der Waals surface area (Å²) in [4.78, 5) is 26.0. The number of hydrogen-bond acceptors (Lipinski definition) is 5. The quantitative estimate of drug-likeness (QED) is 0.704. The van der Waals surface area contributed by atoms with Crippen molar-refractivity contribution in [3.63, 3.8) is 0 Å². The number of aromatic nitrogens is 4. The zero-order valence-corrected chi connectivity index (χ0v) is 14.6. The van der Waals surface area contributed by atoms with Crippen molar-refractivity contribution in [1.82, 2.24) is 24.8 Å². The number of rotatable bonds is 1. The molecule has 0 bridgehead atoms. The summed E-state index contributed by atoms with van der Waals surface area (Å²) in [6, 6.07) is 3.84. The van der Waals surface area contributed by atoms with Crippen LogP contribution in [-0.2, 0) is 5.54 Å². The summed E-state index contributed by atoms with van der Waals surface area (Å²) in [7, 11) is 0. The van der Waals surface area contributed by atoms with Gasteiger partial charge in [0.05, 0.1) is 22.2 Å². The SMILES string of the molecule is Cc1cc(-n2ccc3c(N)ncnc32)nc2c1C(=O)NC21CCCCC1. The lowest BCUT2D eigenvalue weighted by Gasteiger charge is -2.33. The smallest absolute Gasteiger partial charge is 0.254 e. The molecule has 132 valence electrons. The zero-order valence-electron chi connectivity index (χ0n) is 14.6. The molecule has 0 atom stereocenters. The van der Waals surface area contributed by atoms with E-state index in [1.807, 2.05) is 29.8 Å². The molecule has 3 aromatic heterocycles. The third-order valence-electron chi connectivity index (χ3n) is 5.70. The summed E-state index contributed by atoms with van der Waals surface area (Å²) in [5.41, 5.74) is 8.93. The molecule has 0 unspecified atom stereocenters. The van der Waals surface area contributed by atoms with Gasteiger partial charge in [-0.15, -0.1) is 0 Å². The highest BCUT2D eigenvalue weighted by Crippen LogP contribution is 2.43. The van der Waals surface area contributed by atoms with Gasteiger partial charge >= 0.3 is 0 Å². The van der Waals surface area contributed by atoms with E-state index in [2.05, 4.69) is 15.3 Å². The molecule has 7 heteroatoms. The van der Waals surface area contributed by atoms with E-state index < -0.39 is 0 Å². The van der Waals surface area contributed by atoms with Gasteiger partial charge in [0.2, 0.25) is 0 Å². The van der Waals surface area contributed by atoms with E-state index in [9.17, 15) is 4.79 Å². The molecule has 0 aromatic carbocycles. The predicted octanol–water partition coefficient (Wildman–Crippen LogP) is 2.61. The Hall–Kier alpha value is -2.96. The number of hydrogen-bond donors (Lipinski definition) is 2. The first kappa shape index (κ1) is 15.3. The van der Waals surface area contributed by atoms with Crippen LogP contribution >= 0.6 is 0 Å². The van der Waals surface area contributed by atoms with E-state index in [1.54, 1.807) is 0 Å². The number of nitrogen functional groups attached to an aromatic ring is 1. The van der Waals surface area contributed by atoms with Crippen LogP contribution in [0.1, 0.15) is 53.7 Å². The van der Waals surface area contributed by atoms with Gasteiger partial charge in [0.25, 0.3) is 5.91 Å². The Kier molecular flexibility index (Phi) is 3.10. The van der Waals surface area contributed by atoms with Crippen LogP contribution in [0.2, 0.25) is 0 Å². The molecule has 5 rings (SSSR count). The molecular weight excluding hydrogens is 328 g/mol. The molecular formula is C19H20N6O. The molecule has 0 radical (unpaired) electrons. The number of nitrogens with zero attached hydrogens (tertiary/aromatic N) is 4. The van der Waals surface area contributed by atoms with Crippen LogP contribution in [0.15, 0.2) is 24.7 Å². The lowest BCUT2D eigenvalue weighted by Crippen LogP contribution is -2.41. The van der Waals surface area contributed by atoms with Crippen LogP contribution in [0.3, 0.4) is 0 Å². The maximum absolute atomic E-state index is 12.6. The van der Waals surface area contributed by atoms with Crippen LogP contribution in [-0.4, -0.2) is 25.4 Å². The first-order valence-corrected chi connectivity index (χ1v) is 9.02. The fourth-order valence-electron chi connectivity index (χ4n) is 4.42. The fourth-order valence-corrected chi connectivity index (χ4v) is 4.42. The Morgan fingerprint density at radius 1 is 1.23 bits per heavy atom. The second-order valence-corrected chi connectivity index (χ2v) is 7.30. The second-order valence-electron chi connectivity index (χ2n) is 7.30. The maximum Gasteiger partial charge on any atom is 0.254 e. The zero-order chi connectivity index (χ0) is 17.9. The molecule has 1 saturated carbocycles. The highest BCUT2D eigenvalue weighted by molar-refractivity contribution is 6.01. The van der Waals surface area contributed by atoms with Crippen molar-refractivity contribution in [2.75, 3.05) is 5.73 Å². The molecule has 3 aromatic rings. The van der Waals surface area contributed by atoms with Gasteiger partial charge < -0.3 is 11.1 Å². The molecule has 1 amide bonds. The minimum atomic E-state index is -0.317. The Morgan fingerprint density at radius 2 is 2.04 bits per heavy atom. The van der Waals surface area contributed by atoms with Gasteiger partial charge in [-0.2, -0.15) is 0 Å². The number of pyridine rings is 1. The van der Waals surface area contributed by atoms with Crippen molar-refractivity contribution in [2.45, 2.75) is 44.6 Å². The van der Waals surface area contributed by atoms with Gasteiger partial charge in [-0.25, -0.2) is 15.0 Å². The lowest BCUT2D eigenvalue weighted by molar-refractivity contribution is 0.0908. The van der Waals surface area contributed by atoms with Crippen LogP contribution in [0.5, 0.6) is 0 Å². The van der Waals surface area contributed by atoms with Gasteiger partial charge in [0, 0.05) is 6.20 Å². The molecule has 26 heavy (non-hydrogen) atoms. The van der Waals surface area contributed by atoms with Crippen LogP contribution in [0, 0.1) is 6.92 Å². The molecule has 1 fully saturated rings. The minimum absolute atomic E-state index is 0.00221. The molecule has 1 spiro atoms. The molecule has 0 saturated heterocycles. The standard InChI is InChI=1S/C19H20N6O/c1-11-9-13(25-8-5-12-16(20)21-10-22-17(12)25)23-15-14(11)18(26)24-19(15)6-3-2-4-7-19/h5,8-10H,2-4,6-7H2,1H3,(H,24,26)(H2,20,21,22). The van der Waals surface area contributed by atoms with Crippen molar-refractivity contribution in [1.29, 1.82) is 0 Å². The van der Waals surface area contributed by atoms with E-state index >= 15 is 0 Å². The van der Waals surface area contributed by atoms with Crippen molar-refractivity contribution in [3.05, 3.63) is 41.5 Å². The topological polar surface area (TPSA) is 98.7 Å². The largest absolute Gasteiger partial charge is 0.383 e. The van der Waals surface area contributed by atoms with Gasteiger partial charge in [-0.05, 0) is 37.5 Å². The van der Waals surface area contributed by atoms with Gasteiger partial charge in [-0.1, -0.05) is 19.3 Å². The lowest BCUT2D eigenvalue weighted by atomic mass is 9.79. The summed E-state index contributed by atoms with van der Waals surface area (Å²) in [6.45, 7) is 1.97. The first-order chi connectivity index (χ1) is 12.6. The molecule has 7 nitrogen and oxygen atoms in total. The number of fused-ring (bicyclic) bond motifs is 3. The third kappa shape index (κ3) is 2.00. The number of anilines is 1. The monoisotopic (exact) mass is 348 g/mol. The van der Waals surface area contributed by atoms with E-state index in [0.717, 1.165) is 59.4 Å². The molecule has 2 aliphatic rings. The van der Waals surface area contributed by atoms with Crippen LogP contribution < -0.4 is 11.1 Å². The summed E-state index contributed by atoms with van der Waals surface area (Å²) in [6.07, 6.45) is 8.70. The van der Waals surface area contributed by atoms with E-state index in [4.69, 9.17) is 10.7 Å². The number of nitrogens with two attached hydrogens (primary N) is 1. The van der Waals surface area contributed by atoms with Gasteiger partial charge in [0.15, 0.2) is 5.65 Å². The number of nitrogens with one attached hydrogen (secondary N) is 1. The fraction of sp³-hybridized carbons (Fsp3) is 0.368. The first-order valence-electron chi connectivity index (χ1n) is 9.02. The Morgan fingerprint density at radius 3 is 2.85 bits per heavy atom. The summed E-state index contributed by atoms with van der Waals surface area (Å²) in [5, 5.41) is 4.04. The average molecular weight is 348 g/mol. The van der Waals surface area contributed by atoms with Crippen molar-refractivity contribution in [3.8, 4) is 5.82 Å². The molecule has 1 aliphatic heterocycles. The molecule has 1 aliphatic carbocycles. The Bertz CT molecular complexity index is 1050. The average Bonchev–Trinajstić information content (AvgIpc) is 3.17. The Balaban J connectivity index is 1.73. The van der Waals surface area contributed by atoms with E-state index in [-0.39, 0.29) is 11.4 Å². The van der Waals surface area contributed by atoms with E-state index in [1.165, 1.54) is 12.7 Å². The van der Waals surface area contributed by atoms with Gasteiger partial charge in [0.1, 0.15) is 18.0 Å². The summed E-state index contributed by atoms with van der Waals surface area (Å²) in [5.74, 6) is 1.21. The van der Waals surface area contributed by atoms with Crippen LogP contribution in [0.25, 0.3) is 16.9 Å². The van der Waals surface area contributed by atoms with E-state index in [0.29, 0.717) is 5.82 Å². The second kappa shape index (κ2) is 5.27. The third-order valence-corrected chi connectivity index (χ3v) is 5.70. The number of aryl methyl sites for hydroxylation is 1. The number of amides is 1.